The van der Waals surface area contributed by atoms with Crippen molar-refractivity contribution in [2.45, 2.75) is 51.9 Å². The molecule has 1 fully saturated rings. The van der Waals surface area contributed by atoms with Gasteiger partial charge < -0.3 is 24.0 Å². The zero-order valence-corrected chi connectivity index (χ0v) is 24.3. The second-order valence-electron chi connectivity index (χ2n) is 10.7. The molecule has 11 heteroatoms. The number of likely N-dealkylation sites (N-methyl/N-ethyl adjacent to an activating group) is 1. The van der Waals surface area contributed by atoms with E-state index >= 15 is 0 Å². The fourth-order valence-corrected chi connectivity index (χ4v) is 4.58. The van der Waals surface area contributed by atoms with Crippen molar-refractivity contribution in [2.24, 2.45) is 0 Å². The van der Waals surface area contributed by atoms with E-state index in [1.807, 2.05) is 36.4 Å². The third kappa shape index (κ3) is 7.30. The maximum atomic E-state index is 14.0. The third-order valence-corrected chi connectivity index (χ3v) is 6.75. The van der Waals surface area contributed by atoms with Crippen LogP contribution in [0.3, 0.4) is 0 Å². The zero-order chi connectivity index (χ0) is 28.9. The summed E-state index contributed by atoms with van der Waals surface area (Å²) in [6, 6.07) is 6.48. The Morgan fingerprint density at radius 2 is 2.05 bits per heavy atom. The summed E-state index contributed by atoms with van der Waals surface area (Å²) in [5.74, 6) is 0.120. The van der Waals surface area contributed by atoms with Gasteiger partial charge in [0.2, 0.25) is 0 Å². The molecular formula is C29H37ClFN5O4. The molecule has 9 nitrogen and oxygen atoms in total. The van der Waals surface area contributed by atoms with E-state index in [1.165, 1.54) is 11.0 Å². The number of carbonyl (C=O) groups is 1. The fraction of sp³-hybridized carbons (Fsp3) is 0.483. The van der Waals surface area contributed by atoms with Gasteiger partial charge in [-0.2, -0.15) is 5.10 Å². The van der Waals surface area contributed by atoms with Crippen molar-refractivity contribution in [2.75, 3.05) is 44.9 Å². The van der Waals surface area contributed by atoms with Gasteiger partial charge in [-0.3, -0.25) is 0 Å². The Labute approximate surface area is 239 Å². The molecule has 3 aromatic rings. The van der Waals surface area contributed by atoms with Crippen LogP contribution in [0.5, 0.6) is 0 Å². The molecule has 0 saturated carbocycles. The number of carbonyl (C=O) groups excluding carboxylic acids is 1. The molecule has 1 aliphatic heterocycles. The number of ether oxygens (including phenoxy) is 3. The minimum absolute atomic E-state index is 0.0116. The summed E-state index contributed by atoms with van der Waals surface area (Å²) in [6.07, 6.45) is 5.95. The SMILES string of the molecule is C=Cc1nn(C2CCCCO2)c2cnc(N(CCOCCN(C)C(=O)OC(C)(C)C)c3ccc(F)c(Cl)c3)cc12. The Bertz CT molecular complexity index is 1340. The number of benzene rings is 1. The highest BCUT2D eigenvalue weighted by Crippen LogP contribution is 2.33. The largest absolute Gasteiger partial charge is 0.444 e. The minimum Gasteiger partial charge on any atom is -0.444 e. The molecule has 1 aliphatic rings. The van der Waals surface area contributed by atoms with Crippen LogP contribution in [-0.4, -0.2) is 71.3 Å². The Kier molecular flexibility index (Phi) is 9.65. The van der Waals surface area contributed by atoms with Crippen LogP contribution in [0, 0.1) is 5.82 Å². The molecule has 0 N–H and O–H groups in total. The quantitative estimate of drug-likeness (QED) is 0.253. The average molecular weight is 574 g/mol. The van der Waals surface area contributed by atoms with Crippen LogP contribution in [-0.2, 0) is 14.2 Å². The second kappa shape index (κ2) is 13.0. The molecule has 40 heavy (non-hydrogen) atoms. The van der Waals surface area contributed by atoms with E-state index in [-0.39, 0.29) is 11.3 Å². The van der Waals surface area contributed by atoms with Gasteiger partial charge in [0.15, 0.2) is 6.23 Å². The van der Waals surface area contributed by atoms with Crippen LogP contribution in [0.4, 0.5) is 20.7 Å². The van der Waals surface area contributed by atoms with E-state index in [4.69, 9.17) is 35.9 Å². The topological polar surface area (TPSA) is 82.0 Å². The molecule has 2 aromatic heterocycles. The molecule has 0 radical (unpaired) electrons. The maximum Gasteiger partial charge on any atom is 0.410 e. The summed E-state index contributed by atoms with van der Waals surface area (Å²) >= 11 is 6.13. The molecule has 1 atom stereocenters. The monoisotopic (exact) mass is 573 g/mol. The van der Waals surface area contributed by atoms with Crippen LogP contribution in [0.2, 0.25) is 5.02 Å². The number of anilines is 2. The summed E-state index contributed by atoms with van der Waals surface area (Å²) in [4.78, 5) is 20.3. The molecule has 0 aliphatic carbocycles. The van der Waals surface area contributed by atoms with E-state index in [2.05, 4.69) is 6.58 Å². The summed E-state index contributed by atoms with van der Waals surface area (Å²) in [5.41, 5.74) is 1.68. The van der Waals surface area contributed by atoms with Crippen molar-refractivity contribution in [3.63, 3.8) is 0 Å². The molecule has 4 rings (SSSR count). The number of hydrogen-bond acceptors (Lipinski definition) is 7. The lowest BCUT2D eigenvalue weighted by Gasteiger charge is -2.26. The van der Waals surface area contributed by atoms with Crippen molar-refractivity contribution in [3.05, 3.63) is 53.6 Å². The van der Waals surface area contributed by atoms with E-state index < -0.39 is 17.5 Å². The average Bonchev–Trinajstić information content (AvgIpc) is 3.30. The first-order chi connectivity index (χ1) is 19.1. The first-order valence-electron chi connectivity index (χ1n) is 13.4. The predicted octanol–water partition coefficient (Wildman–Crippen LogP) is 6.59. The van der Waals surface area contributed by atoms with Gasteiger partial charge in [-0.15, -0.1) is 0 Å². The smallest absolute Gasteiger partial charge is 0.410 e. The lowest BCUT2D eigenvalue weighted by Crippen LogP contribution is -2.36. The highest BCUT2D eigenvalue weighted by molar-refractivity contribution is 6.31. The van der Waals surface area contributed by atoms with Gasteiger partial charge in [0.25, 0.3) is 0 Å². The van der Waals surface area contributed by atoms with E-state index in [0.717, 1.165) is 35.9 Å². The normalized spacial score (nSPS) is 15.7. The van der Waals surface area contributed by atoms with Crippen LogP contribution in [0.15, 0.2) is 37.0 Å². The van der Waals surface area contributed by atoms with Crippen molar-refractivity contribution < 1.29 is 23.4 Å². The molecule has 1 unspecified atom stereocenters. The van der Waals surface area contributed by atoms with E-state index in [1.54, 1.807) is 31.5 Å². The minimum atomic E-state index is -0.567. The Morgan fingerprint density at radius 3 is 2.73 bits per heavy atom. The van der Waals surface area contributed by atoms with Gasteiger partial charge in [-0.1, -0.05) is 18.2 Å². The zero-order valence-electron chi connectivity index (χ0n) is 23.5. The molecule has 1 aromatic carbocycles. The Hall–Kier alpha value is -3.21. The number of halogens is 2. The van der Waals surface area contributed by atoms with E-state index in [0.29, 0.717) is 44.4 Å². The summed E-state index contributed by atoms with van der Waals surface area (Å²) in [7, 11) is 1.67. The number of nitrogens with zero attached hydrogens (tertiary/aromatic N) is 5. The first-order valence-corrected chi connectivity index (χ1v) is 13.8. The second-order valence-corrected chi connectivity index (χ2v) is 11.1. The third-order valence-electron chi connectivity index (χ3n) is 6.46. The van der Waals surface area contributed by atoms with Gasteiger partial charge >= 0.3 is 6.09 Å². The first kappa shape index (κ1) is 29.8. The predicted molar refractivity (Wildman–Crippen MR) is 155 cm³/mol. The van der Waals surface area contributed by atoms with E-state index in [9.17, 15) is 9.18 Å². The van der Waals surface area contributed by atoms with Gasteiger partial charge in [0, 0.05) is 37.8 Å². The molecule has 216 valence electrons. The van der Waals surface area contributed by atoms with Crippen molar-refractivity contribution in [3.8, 4) is 0 Å². The Morgan fingerprint density at radius 1 is 1.27 bits per heavy atom. The van der Waals surface area contributed by atoms with Gasteiger partial charge in [0.05, 0.1) is 35.6 Å². The van der Waals surface area contributed by atoms with Crippen LogP contribution in [0.1, 0.15) is 52.0 Å². The highest BCUT2D eigenvalue weighted by atomic mass is 35.5. The molecular weight excluding hydrogens is 537 g/mol. The van der Waals surface area contributed by atoms with Gasteiger partial charge in [-0.05, 0) is 70.4 Å². The number of rotatable bonds is 10. The number of fused-ring (bicyclic) bond motifs is 1. The lowest BCUT2D eigenvalue weighted by molar-refractivity contribution is -0.0367. The standard InChI is InChI=1S/C29H37ClFN5O4/c1-6-24-21-18-26(32-19-25(21)36(33-24)27-9-7-8-14-39-27)35(20-10-11-23(31)22(30)17-20)13-16-38-15-12-34(5)28(37)40-29(2,3)4/h6,10-11,17-19,27H,1,7-9,12-16H2,2-5H3. The number of aromatic nitrogens is 3. The lowest BCUT2D eigenvalue weighted by atomic mass is 10.2. The molecule has 1 amide bonds. The molecule has 0 bridgehead atoms. The van der Waals surface area contributed by atoms with Crippen LogP contribution >= 0.6 is 11.6 Å². The Balaban J connectivity index is 1.52. The van der Waals surface area contributed by atoms with Gasteiger partial charge in [0.1, 0.15) is 17.2 Å². The van der Waals surface area contributed by atoms with Crippen molar-refractivity contribution in [1.82, 2.24) is 19.7 Å². The molecule has 1 saturated heterocycles. The number of pyridine rings is 1. The van der Waals surface area contributed by atoms with Crippen LogP contribution in [0.25, 0.3) is 17.0 Å². The van der Waals surface area contributed by atoms with Crippen LogP contribution < -0.4 is 4.90 Å². The fourth-order valence-electron chi connectivity index (χ4n) is 4.40. The van der Waals surface area contributed by atoms with Gasteiger partial charge in [-0.25, -0.2) is 18.9 Å². The van der Waals surface area contributed by atoms with Crippen molar-refractivity contribution in [1.29, 1.82) is 0 Å². The summed E-state index contributed by atoms with van der Waals surface area (Å²) in [6.45, 7) is 11.5. The summed E-state index contributed by atoms with van der Waals surface area (Å²) < 4.78 is 33.1. The molecule has 3 heterocycles. The van der Waals surface area contributed by atoms with Crippen molar-refractivity contribution >= 4 is 46.2 Å². The summed E-state index contributed by atoms with van der Waals surface area (Å²) in [5, 5.41) is 5.64. The maximum absolute atomic E-state index is 14.0. The highest BCUT2D eigenvalue weighted by Gasteiger charge is 2.23. The number of hydrogen-bond donors (Lipinski definition) is 0. The number of amides is 1. The molecule has 0 spiro atoms.